The highest BCUT2D eigenvalue weighted by atomic mass is 35.5. The molecule has 2 N–H and O–H groups in total. The number of hydrogen-bond acceptors (Lipinski definition) is 2. The molecule has 1 aliphatic heterocycles. The molecule has 1 aromatic heterocycles. The molecule has 0 radical (unpaired) electrons. The number of ether oxygens (including phenoxy) is 1. The molecule has 0 saturated carbocycles. The Hall–Kier alpha value is -2.14. The Balaban J connectivity index is 2.10. The summed E-state index contributed by atoms with van der Waals surface area (Å²) in [6, 6.07) is 4.07. The maximum absolute atomic E-state index is 11.1. The van der Waals surface area contributed by atoms with E-state index < -0.39 is 6.09 Å². The van der Waals surface area contributed by atoms with Gasteiger partial charge in [0.2, 0.25) is 0 Å². The van der Waals surface area contributed by atoms with Crippen molar-refractivity contribution in [1.82, 2.24) is 9.88 Å². The number of H-pyrrole nitrogens is 1. The monoisotopic (exact) mass is 348 g/mol. The van der Waals surface area contributed by atoms with Crippen LogP contribution in [0.15, 0.2) is 18.2 Å². The zero-order valence-corrected chi connectivity index (χ0v) is 14.8. The Morgan fingerprint density at radius 1 is 1.42 bits per heavy atom. The summed E-state index contributed by atoms with van der Waals surface area (Å²) in [6.07, 6.45) is 1.75. The minimum Gasteiger partial charge on any atom is -0.496 e. The van der Waals surface area contributed by atoms with Gasteiger partial charge in [-0.2, -0.15) is 0 Å². The van der Waals surface area contributed by atoms with Crippen molar-refractivity contribution >= 4 is 34.2 Å². The Morgan fingerprint density at radius 2 is 2.17 bits per heavy atom. The van der Waals surface area contributed by atoms with Gasteiger partial charge in [0.1, 0.15) is 10.9 Å². The number of hydrogen-bond donors (Lipinski definition) is 2. The first-order valence-electron chi connectivity index (χ1n) is 7.98. The van der Waals surface area contributed by atoms with Crippen molar-refractivity contribution in [1.29, 1.82) is 0 Å². The highest BCUT2D eigenvalue weighted by molar-refractivity contribution is 6.31. The maximum atomic E-state index is 11.1. The van der Waals surface area contributed by atoms with Crippen LogP contribution < -0.4 is 4.74 Å². The van der Waals surface area contributed by atoms with Gasteiger partial charge in [0, 0.05) is 30.1 Å². The first-order chi connectivity index (χ1) is 11.4. The fourth-order valence-electron chi connectivity index (χ4n) is 3.28. The number of rotatable bonds is 3. The second-order valence-corrected chi connectivity index (χ2v) is 6.69. The number of carboxylic acid groups (broad SMARTS) is 1. The van der Waals surface area contributed by atoms with Crippen LogP contribution in [0.5, 0.6) is 5.75 Å². The molecule has 3 rings (SSSR count). The highest BCUT2D eigenvalue weighted by Gasteiger charge is 2.21. The number of carbonyl (C=O) groups is 1. The third kappa shape index (κ3) is 2.84. The zero-order chi connectivity index (χ0) is 17.4. The quantitative estimate of drug-likeness (QED) is 0.843. The lowest BCUT2D eigenvalue weighted by Crippen LogP contribution is -2.33. The first-order valence-corrected chi connectivity index (χ1v) is 8.36. The molecular formula is C18H21ClN2O3. The Kier molecular flexibility index (Phi) is 4.45. The molecule has 0 bridgehead atoms. The molecule has 1 aliphatic rings. The van der Waals surface area contributed by atoms with E-state index in [0.29, 0.717) is 30.6 Å². The first kappa shape index (κ1) is 16.7. The van der Waals surface area contributed by atoms with Crippen molar-refractivity contribution < 1.29 is 14.6 Å². The summed E-state index contributed by atoms with van der Waals surface area (Å²) in [4.78, 5) is 15.7. The number of amides is 1. The number of aromatic nitrogens is 1. The molecule has 1 amide bonds. The Labute approximate surface area is 145 Å². The summed E-state index contributed by atoms with van der Waals surface area (Å²) >= 11 is 6.37. The number of nitrogens with zero attached hydrogens (tertiary/aromatic N) is 1. The topological polar surface area (TPSA) is 65.6 Å². The van der Waals surface area contributed by atoms with Gasteiger partial charge in [0.15, 0.2) is 0 Å². The lowest BCUT2D eigenvalue weighted by Gasteiger charge is -2.24. The van der Waals surface area contributed by atoms with E-state index in [1.807, 2.05) is 12.1 Å². The molecule has 5 nitrogen and oxygen atoms in total. The molecule has 128 valence electrons. The van der Waals surface area contributed by atoms with Gasteiger partial charge in [-0.1, -0.05) is 31.5 Å². The molecule has 2 aromatic rings. The summed E-state index contributed by atoms with van der Waals surface area (Å²) < 4.78 is 5.56. The van der Waals surface area contributed by atoms with Crippen LogP contribution >= 0.6 is 11.6 Å². The van der Waals surface area contributed by atoms with E-state index in [2.05, 4.69) is 24.9 Å². The minimum absolute atomic E-state index is 0.301. The lowest BCUT2D eigenvalue weighted by atomic mass is 9.94. The maximum Gasteiger partial charge on any atom is 0.407 e. The Morgan fingerprint density at radius 3 is 2.71 bits per heavy atom. The van der Waals surface area contributed by atoms with E-state index in [1.54, 1.807) is 7.11 Å². The second kappa shape index (κ2) is 6.40. The van der Waals surface area contributed by atoms with Crippen molar-refractivity contribution in [2.75, 3.05) is 20.2 Å². The van der Waals surface area contributed by atoms with Crippen LogP contribution in [0.25, 0.3) is 16.5 Å². The molecule has 0 unspecified atom stereocenters. The van der Waals surface area contributed by atoms with Crippen LogP contribution in [0.1, 0.15) is 37.3 Å². The molecule has 0 atom stereocenters. The van der Waals surface area contributed by atoms with Gasteiger partial charge in [-0.25, -0.2) is 4.79 Å². The van der Waals surface area contributed by atoms with Crippen molar-refractivity contribution in [2.45, 2.75) is 26.2 Å². The van der Waals surface area contributed by atoms with Crippen LogP contribution in [0.3, 0.4) is 0 Å². The highest BCUT2D eigenvalue weighted by Crippen LogP contribution is 2.39. The number of aromatic amines is 1. The molecular weight excluding hydrogens is 328 g/mol. The van der Waals surface area contributed by atoms with Gasteiger partial charge >= 0.3 is 6.09 Å². The van der Waals surface area contributed by atoms with E-state index in [-0.39, 0.29) is 0 Å². The van der Waals surface area contributed by atoms with E-state index in [1.165, 1.54) is 4.90 Å². The van der Waals surface area contributed by atoms with Crippen LogP contribution in [0.2, 0.25) is 5.15 Å². The van der Waals surface area contributed by atoms with Crippen molar-refractivity contribution in [2.24, 2.45) is 0 Å². The van der Waals surface area contributed by atoms with E-state index >= 15 is 0 Å². The standard InChI is InChI=1S/C18H21ClN2O3/c1-10(2)16-13-8-12(11-4-6-21(7-5-11)18(22)23)15(24-3)9-14(13)20-17(16)19/h4,8-10,20H,5-7H2,1-3H3,(H,22,23). The number of benzene rings is 1. The van der Waals surface area contributed by atoms with Gasteiger partial charge in [0.05, 0.1) is 12.6 Å². The number of methoxy groups -OCH3 is 1. The van der Waals surface area contributed by atoms with Gasteiger partial charge in [0.25, 0.3) is 0 Å². The molecule has 6 heteroatoms. The van der Waals surface area contributed by atoms with Crippen molar-refractivity contribution in [3.05, 3.63) is 34.5 Å². The lowest BCUT2D eigenvalue weighted by molar-refractivity contribution is 0.150. The van der Waals surface area contributed by atoms with Gasteiger partial charge < -0.3 is 19.7 Å². The fraction of sp³-hybridized carbons (Fsp3) is 0.389. The molecule has 0 saturated heterocycles. The van der Waals surface area contributed by atoms with Crippen LogP contribution in [-0.2, 0) is 0 Å². The van der Waals surface area contributed by atoms with Crippen LogP contribution in [0.4, 0.5) is 4.79 Å². The zero-order valence-electron chi connectivity index (χ0n) is 14.0. The van der Waals surface area contributed by atoms with E-state index in [4.69, 9.17) is 21.4 Å². The van der Waals surface area contributed by atoms with Crippen molar-refractivity contribution in [3.8, 4) is 5.75 Å². The van der Waals surface area contributed by atoms with Gasteiger partial charge in [-0.15, -0.1) is 0 Å². The number of nitrogens with one attached hydrogen (secondary N) is 1. The molecule has 24 heavy (non-hydrogen) atoms. The SMILES string of the molecule is COc1cc2[nH]c(Cl)c(C(C)C)c2cc1C1=CCN(C(=O)O)CC1. The second-order valence-electron chi connectivity index (χ2n) is 6.31. The van der Waals surface area contributed by atoms with Crippen molar-refractivity contribution in [3.63, 3.8) is 0 Å². The third-order valence-corrected chi connectivity index (χ3v) is 4.81. The summed E-state index contributed by atoms with van der Waals surface area (Å²) in [5.74, 6) is 1.07. The molecule has 0 aliphatic carbocycles. The fourth-order valence-corrected chi connectivity index (χ4v) is 3.70. The largest absolute Gasteiger partial charge is 0.496 e. The predicted molar refractivity (Wildman–Crippen MR) is 96.1 cm³/mol. The normalized spacial score (nSPS) is 15.0. The summed E-state index contributed by atoms with van der Waals surface area (Å²) in [6.45, 7) is 5.12. The molecule has 1 aromatic carbocycles. The third-order valence-electron chi connectivity index (χ3n) is 4.51. The van der Waals surface area contributed by atoms with Gasteiger partial charge in [-0.3, -0.25) is 0 Å². The molecule has 2 heterocycles. The summed E-state index contributed by atoms with van der Waals surface area (Å²) in [5.41, 5.74) is 4.16. The minimum atomic E-state index is -0.882. The predicted octanol–water partition coefficient (Wildman–Crippen LogP) is 4.72. The average Bonchev–Trinajstić information content (AvgIpc) is 2.88. The summed E-state index contributed by atoms with van der Waals surface area (Å²) in [5, 5.41) is 10.8. The molecule has 0 fully saturated rings. The number of halogens is 1. The molecule has 0 spiro atoms. The van der Waals surface area contributed by atoms with Crippen LogP contribution in [-0.4, -0.2) is 41.3 Å². The van der Waals surface area contributed by atoms with Gasteiger partial charge in [-0.05, 0) is 29.5 Å². The van der Waals surface area contributed by atoms with Crippen LogP contribution in [0, 0.1) is 0 Å². The van der Waals surface area contributed by atoms with E-state index in [9.17, 15) is 4.79 Å². The number of fused-ring (bicyclic) bond motifs is 1. The Bertz CT molecular complexity index is 823. The van der Waals surface area contributed by atoms with E-state index in [0.717, 1.165) is 33.4 Å². The smallest absolute Gasteiger partial charge is 0.407 e. The summed E-state index contributed by atoms with van der Waals surface area (Å²) in [7, 11) is 1.64. The average molecular weight is 349 g/mol.